The molecule has 1 aliphatic carbocycles. The standard InChI is InChI=1S/C21H21FO3/c1-21(2)24-12-16(25-21)11-19-17-6-4-3-5-13(17)9-14-7-8-15(22)10-18(14)20(19)23/h3-8,10,16,19H,9,11-12H2,1-2H3/t16-,19?/m1/s1. The number of fused-ring (bicyclic) bond motifs is 2. The highest BCUT2D eigenvalue weighted by Gasteiger charge is 2.38. The number of rotatable bonds is 2. The van der Waals surface area contributed by atoms with E-state index in [0.29, 0.717) is 25.0 Å². The zero-order valence-corrected chi connectivity index (χ0v) is 14.4. The average Bonchev–Trinajstić information content (AvgIpc) is 2.87. The van der Waals surface area contributed by atoms with Crippen molar-refractivity contribution in [2.24, 2.45) is 0 Å². The van der Waals surface area contributed by atoms with Crippen LogP contribution < -0.4 is 0 Å². The van der Waals surface area contributed by atoms with Crippen LogP contribution >= 0.6 is 0 Å². The molecular formula is C21H21FO3. The van der Waals surface area contributed by atoms with Gasteiger partial charge in [0.2, 0.25) is 0 Å². The van der Waals surface area contributed by atoms with E-state index < -0.39 is 5.79 Å². The van der Waals surface area contributed by atoms with Crippen molar-refractivity contribution < 1.29 is 18.7 Å². The van der Waals surface area contributed by atoms with Crippen LogP contribution in [0.3, 0.4) is 0 Å². The summed E-state index contributed by atoms with van der Waals surface area (Å²) >= 11 is 0. The van der Waals surface area contributed by atoms with Crippen LogP contribution in [0.25, 0.3) is 0 Å². The fraction of sp³-hybridized carbons (Fsp3) is 0.381. The van der Waals surface area contributed by atoms with E-state index in [1.807, 2.05) is 38.1 Å². The Hall–Kier alpha value is -2.04. The lowest BCUT2D eigenvalue weighted by molar-refractivity contribution is -0.139. The number of hydrogen-bond donors (Lipinski definition) is 0. The van der Waals surface area contributed by atoms with Crippen LogP contribution in [-0.4, -0.2) is 24.3 Å². The molecule has 4 heteroatoms. The molecular weight excluding hydrogens is 319 g/mol. The molecule has 130 valence electrons. The third kappa shape index (κ3) is 3.12. The van der Waals surface area contributed by atoms with E-state index in [-0.39, 0.29) is 23.6 Å². The second-order valence-electron chi connectivity index (χ2n) is 7.28. The molecule has 2 aliphatic rings. The molecule has 3 nitrogen and oxygen atoms in total. The van der Waals surface area contributed by atoms with Crippen LogP contribution in [0.1, 0.15) is 53.2 Å². The predicted molar refractivity (Wildman–Crippen MR) is 92.2 cm³/mol. The number of benzene rings is 2. The minimum atomic E-state index is -0.623. The van der Waals surface area contributed by atoms with Gasteiger partial charge in [-0.25, -0.2) is 4.39 Å². The molecule has 0 N–H and O–H groups in total. The molecule has 1 unspecified atom stereocenters. The highest BCUT2D eigenvalue weighted by Crippen LogP contribution is 2.37. The number of hydrogen-bond acceptors (Lipinski definition) is 3. The van der Waals surface area contributed by atoms with Crippen LogP contribution in [0.5, 0.6) is 0 Å². The summed E-state index contributed by atoms with van der Waals surface area (Å²) in [6.07, 6.45) is 1.03. The van der Waals surface area contributed by atoms with Crippen molar-refractivity contribution in [3.05, 3.63) is 70.5 Å². The van der Waals surface area contributed by atoms with Crippen molar-refractivity contribution in [2.75, 3.05) is 6.61 Å². The minimum Gasteiger partial charge on any atom is -0.348 e. The van der Waals surface area contributed by atoms with Gasteiger partial charge in [-0.1, -0.05) is 30.3 Å². The van der Waals surface area contributed by atoms with E-state index in [1.165, 1.54) is 12.1 Å². The Balaban J connectivity index is 1.74. The lowest BCUT2D eigenvalue weighted by Gasteiger charge is -2.21. The highest BCUT2D eigenvalue weighted by molar-refractivity contribution is 6.03. The van der Waals surface area contributed by atoms with Gasteiger partial charge in [0.15, 0.2) is 11.6 Å². The van der Waals surface area contributed by atoms with Gasteiger partial charge in [-0.15, -0.1) is 0 Å². The highest BCUT2D eigenvalue weighted by atomic mass is 19.1. The van der Waals surface area contributed by atoms with Crippen LogP contribution in [0.2, 0.25) is 0 Å². The first-order valence-electron chi connectivity index (χ1n) is 8.65. The zero-order valence-electron chi connectivity index (χ0n) is 14.4. The van der Waals surface area contributed by atoms with Crippen LogP contribution in [0.4, 0.5) is 4.39 Å². The molecule has 25 heavy (non-hydrogen) atoms. The van der Waals surface area contributed by atoms with Gasteiger partial charge in [-0.3, -0.25) is 4.79 Å². The maximum atomic E-state index is 13.8. The van der Waals surface area contributed by atoms with Crippen molar-refractivity contribution in [3.8, 4) is 0 Å². The Morgan fingerprint density at radius 2 is 1.96 bits per heavy atom. The van der Waals surface area contributed by atoms with E-state index in [4.69, 9.17) is 9.47 Å². The molecule has 0 radical (unpaired) electrons. The Bertz CT molecular complexity index is 828. The average molecular weight is 340 g/mol. The Morgan fingerprint density at radius 3 is 2.72 bits per heavy atom. The summed E-state index contributed by atoms with van der Waals surface area (Å²) in [4.78, 5) is 13.2. The molecule has 2 atom stereocenters. The van der Waals surface area contributed by atoms with Gasteiger partial charge in [0, 0.05) is 5.56 Å². The van der Waals surface area contributed by atoms with E-state index >= 15 is 0 Å². The number of halogens is 1. The van der Waals surface area contributed by atoms with Crippen molar-refractivity contribution in [2.45, 2.75) is 44.5 Å². The largest absolute Gasteiger partial charge is 0.348 e. The number of ketones is 1. The van der Waals surface area contributed by atoms with Crippen LogP contribution in [0, 0.1) is 5.82 Å². The van der Waals surface area contributed by atoms with Crippen molar-refractivity contribution in [1.82, 2.24) is 0 Å². The fourth-order valence-electron chi connectivity index (χ4n) is 3.88. The van der Waals surface area contributed by atoms with Crippen LogP contribution in [0.15, 0.2) is 42.5 Å². The van der Waals surface area contributed by atoms with Gasteiger partial charge in [-0.2, -0.15) is 0 Å². The first-order valence-corrected chi connectivity index (χ1v) is 8.65. The topological polar surface area (TPSA) is 35.5 Å². The first-order chi connectivity index (χ1) is 11.9. The first kappa shape index (κ1) is 16.4. The summed E-state index contributed by atoms with van der Waals surface area (Å²) in [7, 11) is 0. The lowest BCUT2D eigenvalue weighted by Crippen LogP contribution is -2.24. The molecule has 0 bridgehead atoms. The summed E-state index contributed by atoms with van der Waals surface area (Å²) in [6.45, 7) is 4.22. The number of ether oxygens (including phenoxy) is 2. The van der Waals surface area contributed by atoms with Gasteiger partial charge in [0.25, 0.3) is 0 Å². The van der Waals surface area contributed by atoms with E-state index in [1.54, 1.807) is 6.07 Å². The Kier molecular flexibility index (Phi) is 3.97. The second kappa shape index (κ2) is 6.04. The molecule has 2 aromatic rings. The molecule has 0 saturated carbocycles. The maximum Gasteiger partial charge on any atom is 0.170 e. The summed E-state index contributed by atoms with van der Waals surface area (Å²) in [5.74, 6) is -1.38. The zero-order chi connectivity index (χ0) is 17.6. The van der Waals surface area contributed by atoms with E-state index in [0.717, 1.165) is 16.7 Å². The molecule has 4 rings (SSSR count). The molecule has 1 aliphatic heterocycles. The van der Waals surface area contributed by atoms with Crippen molar-refractivity contribution >= 4 is 5.78 Å². The van der Waals surface area contributed by atoms with Crippen LogP contribution in [-0.2, 0) is 15.9 Å². The second-order valence-corrected chi connectivity index (χ2v) is 7.28. The van der Waals surface area contributed by atoms with E-state index in [2.05, 4.69) is 0 Å². The predicted octanol–water partition coefficient (Wildman–Crippen LogP) is 4.24. The van der Waals surface area contributed by atoms with E-state index in [9.17, 15) is 9.18 Å². The van der Waals surface area contributed by atoms with Crippen molar-refractivity contribution in [3.63, 3.8) is 0 Å². The molecule has 0 aromatic heterocycles. The molecule has 2 aromatic carbocycles. The van der Waals surface area contributed by atoms with Crippen molar-refractivity contribution in [1.29, 1.82) is 0 Å². The quantitative estimate of drug-likeness (QED) is 0.820. The van der Waals surface area contributed by atoms with Gasteiger partial charge in [0.1, 0.15) is 5.82 Å². The smallest absolute Gasteiger partial charge is 0.170 e. The number of carbonyl (C=O) groups excluding carboxylic acids is 1. The third-order valence-corrected chi connectivity index (χ3v) is 5.03. The van der Waals surface area contributed by atoms with Gasteiger partial charge in [0.05, 0.1) is 18.6 Å². The maximum absolute atomic E-state index is 13.8. The number of carbonyl (C=O) groups is 1. The molecule has 1 saturated heterocycles. The third-order valence-electron chi connectivity index (χ3n) is 5.03. The summed E-state index contributed by atoms with van der Waals surface area (Å²) in [5, 5.41) is 0. The van der Waals surface area contributed by atoms with Gasteiger partial charge >= 0.3 is 0 Å². The van der Waals surface area contributed by atoms with Gasteiger partial charge in [-0.05, 0) is 55.5 Å². The molecule has 1 heterocycles. The molecule has 0 spiro atoms. The minimum absolute atomic E-state index is 0.0345. The Morgan fingerprint density at radius 1 is 1.16 bits per heavy atom. The summed E-state index contributed by atoms with van der Waals surface area (Å²) in [6, 6.07) is 12.5. The SMILES string of the molecule is CC1(C)OC[C@@H](CC2C(=O)c3cc(F)ccc3Cc3ccccc32)O1. The summed E-state index contributed by atoms with van der Waals surface area (Å²) in [5.41, 5.74) is 3.49. The lowest BCUT2D eigenvalue weighted by atomic mass is 9.86. The fourth-order valence-corrected chi connectivity index (χ4v) is 3.88. The Labute approximate surface area is 146 Å². The monoisotopic (exact) mass is 340 g/mol. The summed E-state index contributed by atoms with van der Waals surface area (Å²) < 4.78 is 25.3. The molecule has 1 fully saturated rings. The normalized spacial score (nSPS) is 24.5. The van der Waals surface area contributed by atoms with Gasteiger partial charge < -0.3 is 9.47 Å². The number of Topliss-reactive ketones (excluding diaryl/α,β-unsaturated/α-hetero) is 1. The molecule has 0 amide bonds.